The Hall–Kier alpha value is -0.277. The molecule has 1 radical (unpaired) electrons. The van der Waals surface area contributed by atoms with Gasteiger partial charge in [0.05, 0.1) is 0 Å². The van der Waals surface area contributed by atoms with Crippen LogP contribution in [0.25, 0.3) is 0 Å². The summed E-state index contributed by atoms with van der Waals surface area (Å²) >= 11 is -1.57. The average molecular weight is 485 g/mol. The minimum absolute atomic E-state index is 0.833. The van der Waals surface area contributed by atoms with E-state index in [1.165, 1.54) is 38.5 Å². The van der Waals surface area contributed by atoms with Gasteiger partial charge in [0.25, 0.3) is 0 Å². The van der Waals surface area contributed by atoms with Gasteiger partial charge in [-0.15, -0.1) is 0 Å². The van der Waals surface area contributed by atoms with E-state index >= 15 is 0 Å². The van der Waals surface area contributed by atoms with E-state index in [2.05, 4.69) is 84.8 Å². The molecule has 0 saturated heterocycles. The second-order valence-corrected chi connectivity index (χ2v) is 18.4. The summed E-state index contributed by atoms with van der Waals surface area (Å²) in [5.41, 5.74) is 1.66. The number of rotatable bonds is 7. The van der Waals surface area contributed by atoms with Crippen LogP contribution in [0.1, 0.15) is 85.6 Å². The van der Waals surface area contributed by atoms with Crippen LogP contribution < -0.4 is 4.40 Å². The van der Waals surface area contributed by atoms with Gasteiger partial charge in [0, 0.05) is 0 Å². The molecule has 0 spiro atoms. The van der Waals surface area contributed by atoms with Crippen molar-refractivity contribution in [1.82, 2.24) is 4.90 Å². The van der Waals surface area contributed by atoms with Gasteiger partial charge in [-0.25, -0.2) is 0 Å². The third-order valence-corrected chi connectivity index (χ3v) is 17.1. The molecule has 2 heteroatoms. The Morgan fingerprint density at radius 3 is 1.74 bits per heavy atom. The van der Waals surface area contributed by atoms with E-state index in [-0.39, 0.29) is 0 Å². The van der Waals surface area contributed by atoms with E-state index in [1.807, 2.05) is 4.40 Å². The molecule has 0 N–H and O–H groups in total. The van der Waals surface area contributed by atoms with E-state index in [0.717, 1.165) is 51.6 Å². The Morgan fingerprint density at radius 1 is 0.806 bits per heavy atom. The molecule has 1 aromatic carbocycles. The van der Waals surface area contributed by atoms with Gasteiger partial charge in [-0.2, -0.15) is 0 Å². The van der Waals surface area contributed by atoms with Crippen molar-refractivity contribution in [1.29, 1.82) is 0 Å². The van der Waals surface area contributed by atoms with Crippen molar-refractivity contribution in [3.63, 3.8) is 0 Å². The zero-order chi connectivity index (χ0) is 22.7. The normalized spacial score (nSPS) is 32.4. The van der Waals surface area contributed by atoms with Crippen LogP contribution in [0, 0.1) is 35.5 Å². The second-order valence-electron chi connectivity index (χ2n) is 12.2. The van der Waals surface area contributed by atoms with Crippen molar-refractivity contribution in [2.24, 2.45) is 35.5 Å². The Kier molecular flexibility index (Phi) is 9.18. The fourth-order valence-electron chi connectivity index (χ4n) is 7.07. The van der Waals surface area contributed by atoms with E-state index in [9.17, 15) is 0 Å². The molecule has 1 nitrogen and oxygen atoms in total. The first kappa shape index (κ1) is 25.3. The van der Waals surface area contributed by atoms with Gasteiger partial charge < -0.3 is 0 Å². The summed E-state index contributed by atoms with van der Waals surface area (Å²) < 4.78 is 3.87. The van der Waals surface area contributed by atoms with Gasteiger partial charge in [-0.1, -0.05) is 0 Å². The molecule has 175 valence electrons. The average Bonchev–Trinajstić information content (AvgIpc) is 2.69. The first-order valence-corrected chi connectivity index (χ1v) is 16.8. The molecule has 6 atom stereocenters. The molecule has 0 unspecified atom stereocenters. The molecule has 2 fully saturated rings. The first-order valence-electron chi connectivity index (χ1n) is 13.3. The Labute approximate surface area is 198 Å². The van der Waals surface area contributed by atoms with E-state index in [1.54, 1.807) is 5.56 Å². The van der Waals surface area contributed by atoms with Crippen molar-refractivity contribution in [3.05, 3.63) is 29.8 Å². The molecule has 0 bridgehead atoms. The Bertz CT molecular complexity index is 649. The van der Waals surface area contributed by atoms with Crippen LogP contribution in [0.3, 0.4) is 0 Å². The maximum atomic E-state index is 2.60. The molecular formula is C29H50GeN. The number of hydrogen-bond donors (Lipinski definition) is 0. The fraction of sp³-hybridized carbons (Fsp3) is 0.793. The quantitative estimate of drug-likeness (QED) is 0.365. The third-order valence-electron chi connectivity index (χ3n) is 8.66. The van der Waals surface area contributed by atoms with Crippen molar-refractivity contribution < 1.29 is 0 Å². The molecule has 31 heavy (non-hydrogen) atoms. The van der Waals surface area contributed by atoms with Gasteiger partial charge in [0.15, 0.2) is 0 Å². The van der Waals surface area contributed by atoms with Gasteiger partial charge in [-0.3, -0.25) is 0 Å². The SMILES string of the molecule is CC(C)[C@@H]1CC[C@@H](C)C[C@H]1[Ge]([c]1ccccc1CN(C)C)[C@@H]1C[C@H](C)CC[C@H]1C(C)C. The summed E-state index contributed by atoms with van der Waals surface area (Å²) in [5.74, 6) is 5.40. The van der Waals surface area contributed by atoms with Crippen LogP contribution in [0.4, 0.5) is 0 Å². The topological polar surface area (TPSA) is 3.24 Å². The molecule has 2 aliphatic carbocycles. The van der Waals surface area contributed by atoms with Crippen LogP contribution in [0.15, 0.2) is 24.3 Å². The van der Waals surface area contributed by atoms with Gasteiger partial charge in [-0.05, 0) is 0 Å². The molecule has 2 aliphatic rings. The van der Waals surface area contributed by atoms with Crippen LogP contribution in [0.2, 0.25) is 9.50 Å². The molecule has 0 aromatic heterocycles. The van der Waals surface area contributed by atoms with Crippen molar-refractivity contribution >= 4 is 18.7 Å². The second kappa shape index (κ2) is 11.2. The van der Waals surface area contributed by atoms with Crippen LogP contribution in [-0.4, -0.2) is 33.3 Å². The molecule has 0 aliphatic heterocycles. The monoisotopic (exact) mass is 486 g/mol. The Balaban J connectivity index is 2.12. The Morgan fingerprint density at radius 2 is 1.29 bits per heavy atom. The zero-order valence-electron chi connectivity index (χ0n) is 21.8. The first-order chi connectivity index (χ1) is 14.7. The van der Waals surface area contributed by atoms with E-state index in [4.69, 9.17) is 0 Å². The maximum absolute atomic E-state index is 2.60. The standard InChI is InChI=1S/C29H50GeN/c1-20(2)25-15-13-22(5)17-28(25)30(27-12-10-9-11-24(27)19-31(7)8)29-18-23(6)14-16-26(29)21(3)4/h9-12,20-23,25-26,28-29H,13-19H2,1-8H3/t22-,23-,25+,26+,28-,29-/m1/s1. The van der Waals surface area contributed by atoms with E-state index in [0.29, 0.717) is 0 Å². The number of hydrogen-bond acceptors (Lipinski definition) is 1. The molecular weight excluding hydrogens is 435 g/mol. The van der Waals surface area contributed by atoms with Crippen LogP contribution in [-0.2, 0) is 6.54 Å². The molecule has 0 amide bonds. The van der Waals surface area contributed by atoms with Crippen LogP contribution in [0.5, 0.6) is 0 Å². The summed E-state index contributed by atoms with van der Waals surface area (Å²) in [5, 5.41) is 0. The van der Waals surface area contributed by atoms with Crippen molar-refractivity contribution in [3.8, 4) is 0 Å². The van der Waals surface area contributed by atoms with Crippen LogP contribution >= 0.6 is 0 Å². The molecule has 2 saturated carbocycles. The summed E-state index contributed by atoms with van der Waals surface area (Å²) in [6, 6.07) is 9.73. The summed E-state index contributed by atoms with van der Waals surface area (Å²) in [7, 11) is 4.49. The van der Waals surface area contributed by atoms with Gasteiger partial charge >= 0.3 is 199 Å². The molecule has 3 rings (SSSR count). The molecule has 0 heterocycles. The predicted octanol–water partition coefficient (Wildman–Crippen LogP) is 7.37. The zero-order valence-corrected chi connectivity index (χ0v) is 23.9. The molecule has 1 aromatic rings. The third kappa shape index (κ3) is 6.20. The predicted molar refractivity (Wildman–Crippen MR) is 139 cm³/mol. The summed E-state index contributed by atoms with van der Waals surface area (Å²) in [6.07, 6.45) is 8.88. The summed E-state index contributed by atoms with van der Waals surface area (Å²) in [4.78, 5) is 2.39. The van der Waals surface area contributed by atoms with Gasteiger partial charge in [0.2, 0.25) is 0 Å². The minimum atomic E-state index is -1.57. The summed E-state index contributed by atoms with van der Waals surface area (Å²) in [6.45, 7) is 16.3. The number of benzene rings is 1. The van der Waals surface area contributed by atoms with Gasteiger partial charge in [0.1, 0.15) is 0 Å². The number of nitrogens with zero attached hydrogens (tertiary/aromatic N) is 1. The fourth-order valence-corrected chi connectivity index (χ4v) is 18.6. The van der Waals surface area contributed by atoms with Crippen molar-refractivity contribution in [2.45, 2.75) is 96.1 Å². The van der Waals surface area contributed by atoms with Crippen molar-refractivity contribution in [2.75, 3.05) is 14.1 Å². The van der Waals surface area contributed by atoms with E-state index < -0.39 is 14.3 Å².